The van der Waals surface area contributed by atoms with E-state index in [-0.39, 0.29) is 0 Å². The molecule has 0 fully saturated rings. The lowest BCUT2D eigenvalue weighted by atomic mass is 10.1. The van der Waals surface area contributed by atoms with Gasteiger partial charge in [-0.25, -0.2) is 0 Å². The van der Waals surface area contributed by atoms with Crippen LogP contribution in [0.25, 0.3) is 10.9 Å². The summed E-state index contributed by atoms with van der Waals surface area (Å²) in [6.45, 7) is 4.56. The average Bonchev–Trinajstić information content (AvgIpc) is 2.95. The summed E-state index contributed by atoms with van der Waals surface area (Å²) in [5.41, 5.74) is 4.20. The second kappa shape index (κ2) is 6.05. The van der Waals surface area contributed by atoms with Crippen molar-refractivity contribution >= 4 is 10.9 Å². The van der Waals surface area contributed by atoms with Gasteiger partial charge in [0.15, 0.2) is 0 Å². The Bertz CT molecular complexity index is 778. The zero-order chi connectivity index (χ0) is 15.5. The van der Waals surface area contributed by atoms with Crippen molar-refractivity contribution < 1.29 is 9.47 Å². The number of aromatic amines is 1. The molecule has 5 nitrogen and oxygen atoms in total. The summed E-state index contributed by atoms with van der Waals surface area (Å²) in [7, 11) is 1.57. The van der Waals surface area contributed by atoms with Gasteiger partial charge in [0.05, 0.1) is 7.11 Å². The maximum atomic E-state index is 5.88. The van der Waals surface area contributed by atoms with E-state index in [9.17, 15) is 0 Å². The summed E-state index contributed by atoms with van der Waals surface area (Å²) < 4.78 is 10.9. The first-order valence-electron chi connectivity index (χ1n) is 7.31. The number of nitrogens with one attached hydrogen (secondary N) is 1. The monoisotopic (exact) mass is 297 g/mol. The third-order valence-electron chi connectivity index (χ3n) is 3.63. The lowest BCUT2D eigenvalue weighted by Crippen LogP contribution is -2.01. The van der Waals surface area contributed by atoms with Gasteiger partial charge in [0.25, 0.3) is 0 Å². The summed E-state index contributed by atoms with van der Waals surface area (Å²) >= 11 is 0. The molecule has 2 heterocycles. The summed E-state index contributed by atoms with van der Waals surface area (Å²) in [5.74, 6) is 1.36. The maximum absolute atomic E-state index is 5.88. The van der Waals surface area contributed by atoms with Gasteiger partial charge in [-0.05, 0) is 37.1 Å². The van der Waals surface area contributed by atoms with E-state index >= 15 is 0 Å². The molecule has 0 amide bonds. The topological polar surface area (TPSA) is 60.0 Å². The molecule has 22 heavy (non-hydrogen) atoms. The number of benzene rings is 1. The number of fused-ring (bicyclic) bond motifs is 1. The zero-order valence-corrected chi connectivity index (χ0v) is 13.0. The van der Waals surface area contributed by atoms with Gasteiger partial charge in [0.1, 0.15) is 18.1 Å². The molecule has 0 radical (unpaired) electrons. The van der Waals surface area contributed by atoms with Crippen LogP contribution in [0.3, 0.4) is 0 Å². The van der Waals surface area contributed by atoms with E-state index in [1.165, 1.54) is 11.1 Å². The van der Waals surface area contributed by atoms with Crippen LogP contribution in [0.4, 0.5) is 0 Å². The minimum absolute atomic E-state index is 0.380. The summed E-state index contributed by atoms with van der Waals surface area (Å²) in [4.78, 5) is 3.40. The number of hydrogen-bond donors (Lipinski definition) is 1. The molecular formula is C17H19N3O2. The van der Waals surface area contributed by atoms with E-state index in [1.54, 1.807) is 13.2 Å². The molecule has 0 bridgehead atoms. The van der Waals surface area contributed by atoms with Crippen molar-refractivity contribution in [1.82, 2.24) is 15.2 Å². The lowest BCUT2D eigenvalue weighted by Gasteiger charge is -2.09. The average molecular weight is 297 g/mol. The van der Waals surface area contributed by atoms with Crippen molar-refractivity contribution in [3.05, 3.63) is 47.3 Å². The van der Waals surface area contributed by atoms with Gasteiger partial charge in [0.2, 0.25) is 5.88 Å². The molecule has 0 atom stereocenters. The van der Waals surface area contributed by atoms with Gasteiger partial charge >= 0.3 is 0 Å². The fraction of sp³-hybridized carbons (Fsp3) is 0.294. The molecule has 0 aliphatic heterocycles. The molecule has 114 valence electrons. The van der Waals surface area contributed by atoms with E-state index in [0.29, 0.717) is 12.5 Å². The van der Waals surface area contributed by atoms with Gasteiger partial charge in [-0.15, -0.1) is 10.2 Å². The van der Waals surface area contributed by atoms with Crippen LogP contribution in [-0.4, -0.2) is 22.3 Å². The second-order valence-corrected chi connectivity index (χ2v) is 5.21. The minimum atomic E-state index is 0.380. The molecule has 5 heteroatoms. The van der Waals surface area contributed by atoms with Crippen molar-refractivity contribution in [2.24, 2.45) is 0 Å². The number of rotatable bonds is 5. The van der Waals surface area contributed by atoms with E-state index in [0.717, 1.165) is 28.9 Å². The summed E-state index contributed by atoms with van der Waals surface area (Å²) in [5, 5.41) is 9.22. The molecule has 0 aliphatic rings. The van der Waals surface area contributed by atoms with Crippen LogP contribution >= 0.6 is 0 Å². The Labute approximate surface area is 129 Å². The Kier molecular flexibility index (Phi) is 3.96. The minimum Gasteiger partial charge on any atom is -0.487 e. The van der Waals surface area contributed by atoms with Crippen LogP contribution in [-0.2, 0) is 13.0 Å². The number of methoxy groups -OCH3 is 1. The smallest absolute Gasteiger partial charge is 0.233 e. The Morgan fingerprint density at radius 3 is 2.68 bits per heavy atom. The second-order valence-electron chi connectivity index (χ2n) is 5.21. The molecule has 3 rings (SSSR count). The van der Waals surface area contributed by atoms with E-state index in [2.05, 4.69) is 34.2 Å². The molecule has 0 aliphatic carbocycles. The highest BCUT2D eigenvalue weighted by Crippen LogP contribution is 2.26. The van der Waals surface area contributed by atoms with Crippen molar-refractivity contribution in [2.45, 2.75) is 26.9 Å². The molecule has 0 saturated carbocycles. The fourth-order valence-electron chi connectivity index (χ4n) is 2.37. The highest BCUT2D eigenvalue weighted by Gasteiger charge is 2.07. The number of aryl methyl sites for hydroxylation is 2. The predicted molar refractivity (Wildman–Crippen MR) is 85.3 cm³/mol. The molecule has 1 aromatic carbocycles. The predicted octanol–water partition coefficient (Wildman–Crippen LogP) is 3.42. The third-order valence-corrected chi connectivity index (χ3v) is 3.63. The van der Waals surface area contributed by atoms with Gasteiger partial charge in [-0.2, -0.15) is 0 Å². The summed E-state index contributed by atoms with van der Waals surface area (Å²) in [6.07, 6.45) is 0.991. The number of aromatic nitrogens is 3. The van der Waals surface area contributed by atoms with Crippen molar-refractivity contribution in [3.8, 4) is 11.6 Å². The number of hydrogen-bond acceptors (Lipinski definition) is 4. The largest absolute Gasteiger partial charge is 0.487 e. The molecule has 0 spiro atoms. The Hall–Kier alpha value is -2.56. The van der Waals surface area contributed by atoms with Crippen LogP contribution in [0.2, 0.25) is 0 Å². The summed E-state index contributed by atoms with van der Waals surface area (Å²) in [6, 6.07) is 9.99. The van der Waals surface area contributed by atoms with E-state index < -0.39 is 0 Å². The first-order valence-corrected chi connectivity index (χ1v) is 7.31. The molecule has 2 aromatic heterocycles. The Balaban J connectivity index is 1.78. The van der Waals surface area contributed by atoms with Crippen molar-refractivity contribution in [3.63, 3.8) is 0 Å². The first-order chi connectivity index (χ1) is 10.7. The molecule has 0 saturated heterocycles. The number of ether oxygens (including phenoxy) is 2. The van der Waals surface area contributed by atoms with Crippen molar-refractivity contribution in [2.75, 3.05) is 7.11 Å². The quantitative estimate of drug-likeness (QED) is 0.784. The van der Waals surface area contributed by atoms with Gasteiger partial charge < -0.3 is 14.5 Å². The Morgan fingerprint density at radius 2 is 2.00 bits per heavy atom. The lowest BCUT2D eigenvalue weighted by molar-refractivity contribution is 0.296. The van der Waals surface area contributed by atoms with Crippen LogP contribution in [0, 0.1) is 6.92 Å². The van der Waals surface area contributed by atoms with Gasteiger partial charge in [0, 0.05) is 28.7 Å². The molecule has 3 aromatic rings. The molecular weight excluding hydrogens is 278 g/mol. The van der Waals surface area contributed by atoms with Crippen LogP contribution in [0.15, 0.2) is 30.3 Å². The van der Waals surface area contributed by atoms with E-state index in [4.69, 9.17) is 9.47 Å². The SMILES string of the molecule is CCc1cc2cc(C)c(OCc3ccc(OC)nn3)cc2[nH]1. The normalized spacial score (nSPS) is 10.9. The zero-order valence-electron chi connectivity index (χ0n) is 13.0. The highest BCUT2D eigenvalue weighted by molar-refractivity contribution is 5.83. The Morgan fingerprint density at radius 1 is 1.14 bits per heavy atom. The van der Waals surface area contributed by atoms with Gasteiger partial charge in [-0.1, -0.05) is 6.92 Å². The number of nitrogens with zero attached hydrogens (tertiary/aromatic N) is 2. The standard InChI is InChI=1S/C17H19N3O2/c1-4-13-8-12-7-11(2)16(9-15(12)18-13)22-10-14-5-6-17(21-3)20-19-14/h5-9,18H,4,10H2,1-3H3. The van der Waals surface area contributed by atoms with E-state index in [1.807, 2.05) is 19.1 Å². The highest BCUT2D eigenvalue weighted by atomic mass is 16.5. The maximum Gasteiger partial charge on any atom is 0.233 e. The number of H-pyrrole nitrogens is 1. The van der Waals surface area contributed by atoms with Crippen LogP contribution in [0.1, 0.15) is 23.9 Å². The molecule has 0 unspecified atom stereocenters. The van der Waals surface area contributed by atoms with Crippen LogP contribution in [0.5, 0.6) is 11.6 Å². The fourth-order valence-corrected chi connectivity index (χ4v) is 2.37. The molecule has 1 N–H and O–H groups in total. The van der Waals surface area contributed by atoms with Crippen LogP contribution < -0.4 is 9.47 Å². The first kappa shape index (κ1) is 14.4. The van der Waals surface area contributed by atoms with Crippen molar-refractivity contribution in [1.29, 1.82) is 0 Å². The van der Waals surface area contributed by atoms with Gasteiger partial charge in [-0.3, -0.25) is 0 Å². The third kappa shape index (κ3) is 2.88.